The van der Waals surface area contributed by atoms with Gasteiger partial charge in [0.15, 0.2) is 0 Å². The Morgan fingerprint density at radius 2 is 1.73 bits per heavy atom. The van der Waals surface area contributed by atoms with E-state index in [1.165, 1.54) is 12.3 Å². The van der Waals surface area contributed by atoms with Crippen LogP contribution >= 0.6 is 0 Å². The lowest BCUT2D eigenvalue weighted by Gasteiger charge is -2.34. The number of amides is 2. The fourth-order valence-electron chi connectivity index (χ4n) is 4.83. The predicted octanol–water partition coefficient (Wildman–Crippen LogP) is 5.19. The summed E-state index contributed by atoms with van der Waals surface area (Å²) in [4.78, 5) is 37.6. The molecule has 0 saturated carbocycles. The first-order chi connectivity index (χ1) is 19.5. The second kappa shape index (κ2) is 11.1. The molecule has 3 heterocycles. The summed E-state index contributed by atoms with van der Waals surface area (Å²) in [6.45, 7) is 4.33. The number of hydrogen-bond acceptors (Lipinski definition) is 6. The molecule has 1 saturated heterocycles. The highest BCUT2D eigenvalue weighted by Gasteiger charge is 2.32. The van der Waals surface area contributed by atoms with Crippen molar-refractivity contribution >= 4 is 45.6 Å². The van der Waals surface area contributed by atoms with Crippen LogP contribution in [-0.2, 0) is 6.18 Å². The molecule has 0 bridgehead atoms. The van der Waals surface area contributed by atoms with E-state index in [0.29, 0.717) is 60.1 Å². The molecule has 9 nitrogen and oxygen atoms in total. The van der Waals surface area contributed by atoms with Gasteiger partial charge in [-0.1, -0.05) is 6.07 Å². The Hall–Kier alpha value is -4.58. The molecule has 214 valence electrons. The van der Waals surface area contributed by atoms with Gasteiger partial charge in [-0.15, -0.1) is 0 Å². The fraction of sp³-hybridized carbons (Fsp3) is 0.276. The van der Waals surface area contributed by atoms with Crippen molar-refractivity contribution < 1.29 is 22.8 Å². The lowest BCUT2D eigenvalue weighted by atomic mass is 10.1. The summed E-state index contributed by atoms with van der Waals surface area (Å²) in [5.41, 5.74) is 2.42. The molecule has 2 aromatic heterocycles. The van der Waals surface area contributed by atoms with Crippen molar-refractivity contribution in [2.45, 2.75) is 13.1 Å². The smallest absolute Gasteiger partial charge is 0.387 e. The number of H-pyrrole nitrogens is 1. The van der Waals surface area contributed by atoms with Crippen LogP contribution in [0, 0.1) is 6.92 Å². The zero-order valence-electron chi connectivity index (χ0n) is 22.8. The summed E-state index contributed by atoms with van der Waals surface area (Å²) in [6, 6.07) is 10.1. The first-order valence-corrected chi connectivity index (χ1v) is 13.1. The highest BCUT2D eigenvalue weighted by Crippen LogP contribution is 2.34. The second-order valence-electron chi connectivity index (χ2n) is 10.0. The van der Waals surface area contributed by atoms with Crippen LogP contribution in [0.3, 0.4) is 0 Å². The number of hydrogen-bond donors (Lipinski definition) is 4. The van der Waals surface area contributed by atoms with Crippen molar-refractivity contribution in [3.05, 3.63) is 77.1 Å². The number of nitrogens with zero attached hydrogens (tertiary/aromatic N) is 3. The van der Waals surface area contributed by atoms with Gasteiger partial charge in [0.1, 0.15) is 5.65 Å². The third kappa shape index (κ3) is 5.97. The van der Waals surface area contributed by atoms with Crippen molar-refractivity contribution in [2.75, 3.05) is 61.1 Å². The zero-order chi connectivity index (χ0) is 29.3. The van der Waals surface area contributed by atoms with Gasteiger partial charge in [0.05, 0.1) is 16.8 Å². The van der Waals surface area contributed by atoms with Gasteiger partial charge in [-0.2, -0.15) is 13.2 Å². The van der Waals surface area contributed by atoms with E-state index >= 15 is 0 Å². The first kappa shape index (κ1) is 28.0. The van der Waals surface area contributed by atoms with Gasteiger partial charge < -0.3 is 30.7 Å². The fourth-order valence-corrected chi connectivity index (χ4v) is 4.83. The molecule has 4 aromatic rings. The number of aromatic amines is 1. The topological polar surface area (TPSA) is 105 Å². The number of benzene rings is 2. The summed E-state index contributed by atoms with van der Waals surface area (Å²) in [6.07, 6.45) is -1.41. The maximum atomic E-state index is 13.7. The van der Waals surface area contributed by atoms with Gasteiger partial charge in [-0.3, -0.25) is 9.59 Å². The Kier molecular flexibility index (Phi) is 7.59. The molecule has 0 unspecified atom stereocenters. The largest absolute Gasteiger partial charge is 0.416 e. The number of rotatable bonds is 6. The minimum absolute atomic E-state index is 0.107. The number of carbonyl (C=O) groups excluding carboxylic acids is 2. The zero-order valence-corrected chi connectivity index (χ0v) is 22.8. The van der Waals surface area contributed by atoms with Crippen molar-refractivity contribution in [1.82, 2.24) is 14.9 Å². The highest BCUT2D eigenvalue weighted by atomic mass is 19.4. The van der Waals surface area contributed by atoms with Gasteiger partial charge in [0.2, 0.25) is 0 Å². The van der Waals surface area contributed by atoms with Crippen molar-refractivity contribution in [1.29, 1.82) is 0 Å². The molecule has 0 atom stereocenters. The van der Waals surface area contributed by atoms with Gasteiger partial charge in [0.25, 0.3) is 11.8 Å². The normalized spacial score (nSPS) is 14.2. The van der Waals surface area contributed by atoms with Gasteiger partial charge >= 0.3 is 6.18 Å². The minimum atomic E-state index is -4.61. The van der Waals surface area contributed by atoms with Crippen LogP contribution in [0.5, 0.6) is 0 Å². The Morgan fingerprint density at radius 3 is 2.44 bits per heavy atom. The van der Waals surface area contributed by atoms with Crippen LogP contribution in [0.25, 0.3) is 11.0 Å². The molecular weight excluding hydrogens is 535 g/mol. The lowest BCUT2D eigenvalue weighted by molar-refractivity contribution is -0.137. The Balaban J connectivity index is 1.38. The molecule has 41 heavy (non-hydrogen) atoms. The van der Waals surface area contributed by atoms with E-state index in [1.807, 2.05) is 18.0 Å². The molecule has 1 aliphatic heterocycles. The number of pyridine rings is 1. The number of anilines is 4. The minimum Gasteiger partial charge on any atom is -0.387 e. The summed E-state index contributed by atoms with van der Waals surface area (Å²) in [7, 11) is 3.67. The molecule has 12 heteroatoms. The maximum absolute atomic E-state index is 13.7. The van der Waals surface area contributed by atoms with Crippen molar-refractivity contribution in [3.8, 4) is 0 Å². The summed E-state index contributed by atoms with van der Waals surface area (Å²) in [5.74, 6) is -1.10. The average Bonchev–Trinajstić information content (AvgIpc) is 3.43. The number of aromatic nitrogens is 2. The third-order valence-electron chi connectivity index (χ3n) is 7.20. The first-order valence-electron chi connectivity index (χ1n) is 13.1. The van der Waals surface area contributed by atoms with Crippen LogP contribution < -0.4 is 20.9 Å². The molecule has 0 radical (unpaired) electrons. The molecule has 2 amide bonds. The van der Waals surface area contributed by atoms with E-state index in [-0.39, 0.29) is 5.56 Å². The van der Waals surface area contributed by atoms with Gasteiger partial charge in [-0.25, -0.2) is 4.98 Å². The number of alkyl halides is 3. The molecule has 0 aliphatic carbocycles. The van der Waals surface area contributed by atoms with Crippen molar-refractivity contribution in [3.63, 3.8) is 0 Å². The SMILES string of the molecule is CNc1c(C(=O)Nc2cc(NC(=O)c3cc(N4CCN(C)CC4)cc(C(F)(F)F)c3)ccc2C)cnc2[nH]ccc12. The number of aryl methyl sites for hydroxylation is 1. The molecule has 4 N–H and O–H groups in total. The summed E-state index contributed by atoms with van der Waals surface area (Å²) in [5, 5.41) is 9.34. The molecule has 0 spiro atoms. The summed E-state index contributed by atoms with van der Waals surface area (Å²) >= 11 is 0. The molecule has 1 aliphatic rings. The van der Waals surface area contributed by atoms with Crippen LogP contribution in [0.4, 0.5) is 35.9 Å². The van der Waals surface area contributed by atoms with E-state index in [2.05, 4.69) is 30.8 Å². The second-order valence-corrected chi connectivity index (χ2v) is 10.0. The average molecular weight is 566 g/mol. The number of piperazine rings is 1. The van der Waals surface area contributed by atoms with E-state index in [1.54, 1.807) is 38.4 Å². The van der Waals surface area contributed by atoms with E-state index < -0.39 is 23.6 Å². The highest BCUT2D eigenvalue weighted by molar-refractivity contribution is 6.12. The van der Waals surface area contributed by atoms with Crippen LogP contribution in [0.1, 0.15) is 31.8 Å². The molecule has 2 aromatic carbocycles. The van der Waals surface area contributed by atoms with Crippen molar-refractivity contribution in [2.24, 2.45) is 0 Å². The summed E-state index contributed by atoms with van der Waals surface area (Å²) < 4.78 is 41.2. The van der Waals surface area contributed by atoms with Crippen LogP contribution in [-0.4, -0.2) is 67.0 Å². The maximum Gasteiger partial charge on any atom is 0.416 e. The van der Waals surface area contributed by atoms with E-state index in [0.717, 1.165) is 23.1 Å². The van der Waals surface area contributed by atoms with E-state index in [4.69, 9.17) is 0 Å². The van der Waals surface area contributed by atoms with Gasteiger partial charge in [-0.05, 0) is 55.9 Å². The number of carbonyl (C=O) groups is 2. The Bertz CT molecular complexity index is 1610. The molecular formula is C29H30F3N7O2. The molecule has 1 fully saturated rings. The number of likely N-dealkylation sites (N-methyl/N-ethyl adjacent to an activating group) is 1. The standard InChI is InChI=1S/C29H30F3N7O2/c1-17-4-5-20(15-24(17)37-28(41)23-16-35-26-22(6-7-34-26)25(23)33-2)36-27(40)18-12-19(29(30,31)32)14-21(13-18)39-10-8-38(3)9-11-39/h4-7,12-16H,8-11H2,1-3H3,(H,36,40)(H,37,41)(H2,33,34,35). The van der Waals surface area contributed by atoms with Gasteiger partial charge in [0, 0.05) is 73.6 Å². The Morgan fingerprint density at radius 1 is 0.976 bits per heavy atom. The Labute approximate surface area is 234 Å². The third-order valence-corrected chi connectivity index (χ3v) is 7.20. The quantitative estimate of drug-likeness (QED) is 0.257. The molecule has 5 rings (SSSR count). The van der Waals surface area contributed by atoms with E-state index in [9.17, 15) is 22.8 Å². The number of halogens is 3. The number of fused-ring (bicyclic) bond motifs is 1. The number of nitrogens with one attached hydrogen (secondary N) is 4. The monoisotopic (exact) mass is 565 g/mol. The predicted molar refractivity (Wildman–Crippen MR) is 154 cm³/mol. The lowest BCUT2D eigenvalue weighted by Crippen LogP contribution is -2.44. The van der Waals surface area contributed by atoms with Crippen LogP contribution in [0.2, 0.25) is 0 Å². The van der Waals surface area contributed by atoms with Crippen LogP contribution in [0.15, 0.2) is 54.9 Å².